The van der Waals surface area contributed by atoms with Crippen LogP contribution in [0.25, 0.3) is 0 Å². The van der Waals surface area contributed by atoms with E-state index in [1.54, 1.807) is 48.5 Å². The quantitative estimate of drug-likeness (QED) is 0.703. The first-order chi connectivity index (χ1) is 7.79. The molecule has 16 heavy (non-hydrogen) atoms. The van der Waals surface area contributed by atoms with E-state index in [2.05, 4.69) is 6.07 Å². The number of nitrogens with zero attached hydrogens (tertiary/aromatic N) is 1. The number of anilines is 1. The van der Waals surface area contributed by atoms with Crippen molar-refractivity contribution in [1.29, 1.82) is 0 Å². The van der Waals surface area contributed by atoms with Crippen LogP contribution in [0.4, 0.5) is 10.2 Å². The fraction of sp³-hybridized carbons (Fsp3) is 0. The Morgan fingerprint density at radius 3 is 2.38 bits per heavy atom. The molecule has 2 rings (SSSR count). The minimum absolute atomic E-state index is 0.0926. The number of para-hydroxylation sites is 1. The van der Waals surface area contributed by atoms with Gasteiger partial charge in [-0.15, -0.1) is 5.12 Å². The van der Waals surface area contributed by atoms with Crippen molar-refractivity contribution in [2.75, 3.05) is 5.12 Å². The Labute approximate surface area is 92.9 Å². The molecule has 2 aromatic rings. The molecule has 0 atom stereocenters. The molecule has 1 radical (unpaired) electrons. The van der Waals surface area contributed by atoms with E-state index in [1.807, 2.05) is 0 Å². The second-order valence-corrected chi connectivity index (χ2v) is 3.20. The lowest BCUT2D eigenvalue weighted by Crippen LogP contribution is -2.21. The maximum absolute atomic E-state index is 13.7. The smallest absolute Gasteiger partial charge is 0.266 e. The highest BCUT2D eigenvalue weighted by Gasteiger charge is 2.16. The fourth-order valence-corrected chi connectivity index (χ4v) is 1.31. The van der Waals surface area contributed by atoms with Crippen LogP contribution in [0, 0.1) is 6.07 Å². The van der Waals surface area contributed by atoms with Crippen molar-refractivity contribution in [3.05, 3.63) is 66.2 Å². The summed E-state index contributed by atoms with van der Waals surface area (Å²) in [6.45, 7) is 0. The molecular weight excluding hydrogens is 205 g/mol. The zero-order chi connectivity index (χ0) is 11.4. The van der Waals surface area contributed by atoms with Crippen LogP contribution in [0.1, 0.15) is 10.4 Å². The number of hydrogen-bond donors (Lipinski definition) is 0. The largest absolute Gasteiger partial charge is 0.286 e. The molecule has 1 amide bonds. The lowest BCUT2D eigenvalue weighted by molar-refractivity contribution is 0.0931. The molecular formula is C13H9FNO. The lowest BCUT2D eigenvalue weighted by atomic mass is 10.2. The molecule has 0 unspecified atom stereocenters. The Bertz CT molecular complexity index is 470. The average Bonchev–Trinajstić information content (AvgIpc) is 2.39. The van der Waals surface area contributed by atoms with Crippen molar-refractivity contribution in [2.45, 2.75) is 0 Å². The van der Waals surface area contributed by atoms with Gasteiger partial charge in [0.25, 0.3) is 5.91 Å². The summed E-state index contributed by atoms with van der Waals surface area (Å²) >= 11 is 0. The van der Waals surface area contributed by atoms with Crippen molar-refractivity contribution >= 4 is 11.6 Å². The van der Waals surface area contributed by atoms with Crippen LogP contribution in [0.15, 0.2) is 54.6 Å². The lowest BCUT2D eigenvalue weighted by Gasteiger charge is -2.11. The third kappa shape index (κ3) is 2.08. The van der Waals surface area contributed by atoms with Gasteiger partial charge < -0.3 is 0 Å². The zero-order valence-electron chi connectivity index (χ0n) is 8.43. The van der Waals surface area contributed by atoms with Crippen LogP contribution in [0.5, 0.6) is 0 Å². The second kappa shape index (κ2) is 4.57. The van der Waals surface area contributed by atoms with Crippen LogP contribution in [0.2, 0.25) is 0 Å². The molecule has 0 saturated heterocycles. The molecule has 79 valence electrons. The van der Waals surface area contributed by atoms with Crippen LogP contribution < -0.4 is 5.12 Å². The SMILES string of the molecule is O=C(c1ccccc1)N(F)c1[c]cccc1. The molecule has 0 heterocycles. The molecule has 0 saturated carbocycles. The van der Waals surface area contributed by atoms with E-state index in [1.165, 1.54) is 6.07 Å². The fourth-order valence-electron chi connectivity index (χ4n) is 1.31. The monoisotopic (exact) mass is 214 g/mol. The number of amides is 1. The van der Waals surface area contributed by atoms with E-state index in [9.17, 15) is 9.28 Å². The number of rotatable bonds is 2. The van der Waals surface area contributed by atoms with Crippen molar-refractivity contribution in [3.63, 3.8) is 0 Å². The van der Waals surface area contributed by atoms with Crippen molar-refractivity contribution in [1.82, 2.24) is 0 Å². The standard InChI is InChI=1S/C13H9FNO/c14-15(12-9-5-2-6-10-12)13(16)11-7-3-1-4-8-11/h1-9H. The zero-order valence-corrected chi connectivity index (χ0v) is 8.43. The van der Waals surface area contributed by atoms with Crippen molar-refractivity contribution in [3.8, 4) is 0 Å². The van der Waals surface area contributed by atoms with Crippen LogP contribution in [0.3, 0.4) is 0 Å². The summed E-state index contributed by atoms with van der Waals surface area (Å²) in [5.41, 5.74) is 0.415. The van der Waals surface area contributed by atoms with Crippen molar-refractivity contribution < 1.29 is 9.28 Å². The molecule has 3 heteroatoms. The normalized spacial score (nSPS) is 9.81. The maximum atomic E-state index is 13.7. The van der Waals surface area contributed by atoms with E-state index >= 15 is 0 Å². The van der Waals surface area contributed by atoms with E-state index in [4.69, 9.17) is 0 Å². The van der Waals surface area contributed by atoms with Gasteiger partial charge in [-0.25, -0.2) is 0 Å². The van der Waals surface area contributed by atoms with Crippen LogP contribution >= 0.6 is 0 Å². The van der Waals surface area contributed by atoms with E-state index in [-0.39, 0.29) is 10.8 Å². The predicted octanol–water partition coefficient (Wildman–Crippen LogP) is 3.02. The highest BCUT2D eigenvalue weighted by Crippen LogP contribution is 2.16. The Kier molecular flexibility index (Phi) is 2.96. The van der Waals surface area contributed by atoms with Crippen LogP contribution in [-0.2, 0) is 0 Å². The molecule has 2 nitrogen and oxygen atoms in total. The molecule has 0 aromatic heterocycles. The number of carbonyl (C=O) groups excluding carboxylic acids is 1. The number of carbonyl (C=O) groups is 1. The van der Waals surface area contributed by atoms with E-state index < -0.39 is 5.91 Å². The maximum Gasteiger partial charge on any atom is 0.286 e. The van der Waals surface area contributed by atoms with Gasteiger partial charge in [-0.3, -0.25) is 4.79 Å². The van der Waals surface area contributed by atoms with Crippen molar-refractivity contribution in [2.24, 2.45) is 0 Å². The predicted molar refractivity (Wildman–Crippen MR) is 59.6 cm³/mol. The highest BCUT2D eigenvalue weighted by molar-refractivity contribution is 6.04. The Morgan fingerprint density at radius 2 is 1.75 bits per heavy atom. The first-order valence-electron chi connectivity index (χ1n) is 4.81. The molecule has 0 N–H and O–H groups in total. The molecule has 0 aliphatic heterocycles. The molecule has 0 fully saturated rings. The highest BCUT2D eigenvalue weighted by atomic mass is 19.2. The third-order valence-corrected chi connectivity index (χ3v) is 2.10. The Balaban J connectivity index is 2.24. The van der Waals surface area contributed by atoms with Gasteiger partial charge in [0, 0.05) is 11.6 Å². The topological polar surface area (TPSA) is 20.3 Å². The molecule has 0 spiro atoms. The second-order valence-electron chi connectivity index (χ2n) is 3.20. The summed E-state index contributed by atoms with van der Waals surface area (Å²) in [4.78, 5) is 11.7. The van der Waals surface area contributed by atoms with Gasteiger partial charge in [-0.2, -0.15) is 0 Å². The van der Waals surface area contributed by atoms with Crippen LogP contribution in [-0.4, -0.2) is 5.91 Å². The average molecular weight is 214 g/mol. The summed E-state index contributed by atoms with van der Waals surface area (Å²) in [7, 11) is 0. The van der Waals surface area contributed by atoms with Gasteiger partial charge in [-0.05, 0) is 18.2 Å². The molecule has 0 aliphatic carbocycles. The number of hydrogen-bond acceptors (Lipinski definition) is 1. The van der Waals surface area contributed by atoms with E-state index in [0.717, 1.165) is 0 Å². The molecule has 0 aliphatic rings. The van der Waals surface area contributed by atoms with Gasteiger partial charge in [0.05, 0.1) is 5.69 Å². The number of benzene rings is 2. The Hall–Kier alpha value is -2.16. The van der Waals surface area contributed by atoms with Gasteiger partial charge in [-0.1, -0.05) is 40.9 Å². The number of halogens is 1. The van der Waals surface area contributed by atoms with Gasteiger partial charge in [0.1, 0.15) is 0 Å². The molecule has 0 bridgehead atoms. The first-order valence-corrected chi connectivity index (χ1v) is 4.81. The Morgan fingerprint density at radius 1 is 1.06 bits per heavy atom. The molecule has 2 aromatic carbocycles. The van der Waals surface area contributed by atoms with Gasteiger partial charge in [0.15, 0.2) is 0 Å². The van der Waals surface area contributed by atoms with Gasteiger partial charge >= 0.3 is 0 Å². The summed E-state index contributed by atoms with van der Waals surface area (Å²) < 4.78 is 13.7. The summed E-state index contributed by atoms with van der Waals surface area (Å²) in [5, 5.41) is 0.0926. The summed E-state index contributed by atoms with van der Waals surface area (Å²) in [5.74, 6) is -0.692. The summed E-state index contributed by atoms with van der Waals surface area (Å²) in [6, 6.07) is 17.3. The third-order valence-electron chi connectivity index (χ3n) is 2.10. The minimum atomic E-state index is -0.692. The van der Waals surface area contributed by atoms with E-state index in [0.29, 0.717) is 5.56 Å². The first kappa shape index (κ1) is 10.4. The van der Waals surface area contributed by atoms with Gasteiger partial charge in [0.2, 0.25) is 0 Å². The minimum Gasteiger partial charge on any atom is -0.266 e. The summed E-state index contributed by atoms with van der Waals surface area (Å²) in [6.07, 6.45) is 0.